The first-order valence-corrected chi connectivity index (χ1v) is 10.2. The van der Waals surface area contributed by atoms with Gasteiger partial charge in [-0.1, -0.05) is 42.7 Å². The number of rotatable bonds is 11. The molecule has 2 aromatic carbocycles. The maximum absolute atomic E-state index is 12.1. The van der Waals surface area contributed by atoms with Gasteiger partial charge in [-0.05, 0) is 49.6 Å². The minimum atomic E-state index is -0.245. The summed E-state index contributed by atoms with van der Waals surface area (Å²) in [7, 11) is 0. The molecule has 0 saturated heterocycles. The van der Waals surface area contributed by atoms with E-state index in [9.17, 15) is 4.79 Å². The van der Waals surface area contributed by atoms with Crippen molar-refractivity contribution in [2.75, 3.05) is 11.9 Å². The van der Waals surface area contributed by atoms with Crippen molar-refractivity contribution in [3.63, 3.8) is 0 Å². The molecule has 1 N–H and O–H groups in total. The Labute approximate surface area is 172 Å². The number of esters is 1. The van der Waals surface area contributed by atoms with E-state index in [-0.39, 0.29) is 12.4 Å². The summed E-state index contributed by atoms with van der Waals surface area (Å²) < 4.78 is 7.50. The third-order valence-electron chi connectivity index (χ3n) is 4.79. The first-order chi connectivity index (χ1) is 14.2. The molecule has 3 aromatic rings. The van der Waals surface area contributed by atoms with Gasteiger partial charge in [-0.3, -0.25) is 4.79 Å². The molecule has 5 nitrogen and oxygen atoms in total. The van der Waals surface area contributed by atoms with E-state index in [1.807, 2.05) is 74.2 Å². The number of carbonyl (C=O) groups is 1. The first-order valence-electron chi connectivity index (χ1n) is 10.2. The van der Waals surface area contributed by atoms with E-state index in [2.05, 4.69) is 14.9 Å². The number of ether oxygens (including phenoxy) is 1. The number of aryl methyl sites for hydroxylation is 2. The topological polar surface area (TPSA) is 56.1 Å². The lowest BCUT2D eigenvalue weighted by atomic mass is 10.1. The first kappa shape index (κ1) is 20.6. The monoisotopic (exact) mass is 391 g/mol. The molecule has 3 rings (SSSR count). The number of carbonyl (C=O) groups excluding carboxylic acids is 1. The van der Waals surface area contributed by atoms with Crippen molar-refractivity contribution in [3.05, 3.63) is 78.4 Å². The second kappa shape index (κ2) is 11.1. The fraction of sp³-hybridized carbons (Fsp3) is 0.333. The van der Waals surface area contributed by atoms with Gasteiger partial charge >= 0.3 is 5.97 Å². The van der Waals surface area contributed by atoms with Crippen molar-refractivity contribution in [1.82, 2.24) is 9.55 Å². The largest absolute Gasteiger partial charge is 0.426 e. The quantitative estimate of drug-likeness (QED) is 0.283. The van der Waals surface area contributed by atoms with Gasteiger partial charge in [-0.25, -0.2) is 4.98 Å². The van der Waals surface area contributed by atoms with Gasteiger partial charge in [0.25, 0.3) is 0 Å². The van der Waals surface area contributed by atoms with Crippen molar-refractivity contribution < 1.29 is 9.53 Å². The molecule has 1 aromatic heterocycles. The molecule has 0 fully saturated rings. The zero-order valence-electron chi connectivity index (χ0n) is 17.0. The Balaban J connectivity index is 1.30. The number of benzene rings is 2. The van der Waals surface area contributed by atoms with E-state index < -0.39 is 0 Å². The molecule has 0 amide bonds. The van der Waals surface area contributed by atoms with Crippen LogP contribution in [0.4, 0.5) is 5.69 Å². The lowest BCUT2D eigenvalue weighted by Crippen LogP contribution is -2.11. The number of hydrogen-bond acceptors (Lipinski definition) is 4. The van der Waals surface area contributed by atoms with E-state index in [0.29, 0.717) is 5.75 Å². The van der Waals surface area contributed by atoms with Crippen LogP contribution in [0.5, 0.6) is 5.75 Å². The summed E-state index contributed by atoms with van der Waals surface area (Å²) in [6.45, 7) is 4.01. The molecule has 5 heteroatoms. The molecule has 0 bridgehead atoms. The Morgan fingerprint density at radius 3 is 2.48 bits per heavy atom. The van der Waals surface area contributed by atoms with Gasteiger partial charge in [0.05, 0.1) is 12.7 Å². The maximum atomic E-state index is 12.1. The standard InChI is InChI=1S/C24H29N3O2/c1-20-6-12-23(13-7-20)29-24(28)18-21-8-10-22(11-9-21)26-14-4-2-3-5-16-27-17-15-25-19-27/h6-13,15,17,19,26H,2-5,14,16,18H2,1H3. The van der Waals surface area contributed by atoms with E-state index in [1.54, 1.807) is 0 Å². The fourth-order valence-electron chi connectivity index (χ4n) is 3.11. The molecule has 0 aliphatic carbocycles. The molecule has 0 unspecified atom stereocenters. The summed E-state index contributed by atoms with van der Waals surface area (Å²) in [5.74, 6) is 0.342. The van der Waals surface area contributed by atoms with Crippen LogP contribution in [0.2, 0.25) is 0 Å². The van der Waals surface area contributed by atoms with Crippen molar-refractivity contribution in [3.8, 4) is 5.75 Å². The van der Waals surface area contributed by atoms with Crippen molar-refractivity contribution in [2.45, 2.75) is 45.6 Å². The van der Waals surface area contributed by atoms with Crippen LogP contribution in [0.1, 0.15) is 36.8 Å². The third kappa shape index (κ3) is 7.45. The van der Waals surface area contributed by atoms with E-state index in [4.69, 9.17) is 4.74 Å². The Morgan fingerprint density at radius 1 is 1.00 bits per heavy atom. The van der Waals surface area contributed by atoms with Gasteiger partial charge in [-0.2, -0.15) is 0 Å². The highest BCUT2D eigenvalue weighted by Crippen LogP contribution is 2.14. The SMILES string of the molecule is Cc1ccc(OC(=O)Cc2ccc(NCCCCCCn3ccnc3)cc2)cc1. The summed E-state index contributed by atoms with van der Waals surface area (Å²) in [4.78, 5) is 16.1. The molecule has 0 radical (unpaired) electrons. The summed E-state index contributed by atoms with van der Waals surface area (Å²) in [6.07, 6.45) is 10.7. The van der Waals surface area contributed by atoms with Crippen LogP contribution in [0.3, 0.4) is 0 Å². The number of unbranched alkanes of at least 4 members (excludes halogenated alkanes) is 3. The van der Waals surface area contributed by atoms with Crippen LogP contribution in [0.15, 0.2) is 67.3 Å². The van der Waals surface area contributed by atoms with E-state index in [1.165, 1.54) is 19.3 Å². The minimum absolute atomic E-state index is 0.245. The van der Waals surface area contributed by atoms with Crippen LogP contribution < -0.4 is 10.1 Å². The molecule has 0 saturated carbocycles. The van der Waals surface area contributed by atoms with Crippen molar-refractivity contribution in [2.24, 2.45) is 0 Å². The highest BCUT2D eigenvalue weighted by atomic mass is 16.5. The van der Waals surface area contributed by atoms with Crippen molar-refractivity contribution >= 4 is 11.7 Å². The molecule has 0 atom stereocenters. The molecule has 0 spiro atoms. The van der Waals surface area contributed by atoms with Gasteiger partial charge in [-0.15, -0.1) is 0 Å². The zero-order chi connectivity index (χ0) is 20.3. The van der Waals surface area contributed by atoms with Crippen LogP contribution in [-0.2, 0) is 17.8 Å². The minimum Gasteiger partial charge on any atom is -0.426 e. The molecule has 29 heavy (non-hydrogen) atoms. The number of nitrogens with zero attached hydrogens (tertiary/aromatic N) is 2. The maximum Gasteiger partial charge on any atom is 0.315 e. The normalized spacial score (nSPS) is 10.7. The summed E-state index contributed by atoms with van der Waals surface area (Å²) in [6, 6.07) is 15.5. The number of anilines is 1. The highest BCUT2D eigenvalue weighted by Gasteiger charge is 2.06. The summed E-state index contributed by atoms with van der Waals surface area (Å²) >= 11 is 0. The van der Waals surface area contributed by atoms with E-state index >= 15 is 0 Å². The Hall–Kier alpha value is -3.08. The van der Waals surface area contributed by atoms with Crippen LogP contribution in [-0.4, -0.2) is 22.1 Å². The number of imidazole rings is 1. The van der Waals surface area contributed by atoms with Gasteiger partial charge in [0.2, 0.25) is 0 Å². The number of nitrogens with one attached hydrogen (secondary N) is 1. The molecule has 1 heterocycles. The summed E-state index contributed by atoms with van der Waals surface area (Å²) in [5, 5.41) is 3.44. The second-order valence-corrected chi connectivity index (χ2v) is 7.30. The Kier molecular flexibility index (Phi) is 7.87. The number of aromatic nitrogens is 2. The zero-order valence-corrected chi connectivity index (χ0v) is 17.0. The predicted octanol–water partition coefficient (Wildman–Crippen LogP) is 5.01. The average Bonchev–Trinajstić information content (AvgIpc) is 3.24. The van der Waals surface area contributed by atoms with Crippen molar-refractivity contribution in [1.29, 1.82) is 0 Å². The van der Waals surface area contributed by atoms with Gasteiger partial charge in [0.15, 0.2) is 0 Å². The predicted molar refractivity (Wildman–Crippen MR) is 116 cm³/mol. The van der Waals surface area contributed by atoms with Crippen LogP contribution >= 0.6 is 0 Å². The van der Waals surface area contributed by atoms with Gasteiger partial charge < -0.3 is 14.6 Å². The highest BCUT2D eigenvalue weighted by molar-refractivity contribution is 5.75. The van der Waals surface area contributed by atoms with Gasteiger partial charge in [0, 0.05) is 31.2 Å². The molecule has 0 aliphatic heterocycles. The van der Waals surface area contributed by atoms with Crippen LogP contribution in [0, 0.1) is 6.92 Å². The number of hydrogen-bond donors (Lipinski definition) is 1. The summed E-state index contributed by atoms with van der Waals surface area (Å²) in [5.41, 5.74) is 3.17. The third-order valence-corrected chi connectivity index (χ3v) is 4.79. The smallest absolute Gasteiger partial charge is 0.315 e. The molecular formula is C24H29N3O2. The Morgan fingerprint density at radius 2 is 1.76 bits per heavy atom. The molecule has 0 aliphatic rings. The lowest BCUT2D eigenvalue weighted by molar-refractivity contribution is -0.133. The lowest BCUT2D eigenvalue weighted by Gasteiger charge is -2.08. The second-order valence-electron chi connectivity index (χ2n) is 7.30. The van der Waals surface area contributed by atoms with Gasteiger partial charge in [0.1, 0.15) is 5.75 Å². The fourth-order valence-corrected chi connectivity index (χ4v) is 3.11. The Bertz CT molecular complexity index is 856. The average molecular weight is 392 g/mol. The molecular weight excluding hydrogens is 362 g/mol. The molecule has 152 valence electrons. The van der Waals surface area contributed by atoms with Crippen LogP contribution in [0.25, 0.3) is 0 Å². The van der Waals surface area contributed by atoms with E-state index in [0.717, 1.165) is 36.3 Å².